The van der Waals surface area contributed by atoms with Gasteiger partial charge in [-0.15, -0.1) is 11.8 Å². The van der Waals surface area contributed by atoms with E-state index in [1.54, 1.807) is 6.92 Å². The zero-order chi connectivity index (χ0) is 25.0. The zero-order valence-corrected chi connectivity index (χ0v) is 19.6. The lowest BCUT2D eigenvalue weighted by Crippen LogP contribution is -2.71. The highest BCUT2D eigenvalue weighted by Crippen LogP contribution is 2.40. The zero-order valence-electron chi connectivity index (χ0n) is 18.0. The fourth-order valence-corrected chi connectivity index (χ4v) is 4.83. The third kappa shape index (κ3) is 5.33. The van der Waals surface area contributed by atoms with Crippen LogP contribution in [0.3, 0.4) is 0 Å². The largest absolute Gasteiger partial charge is 0.477 e. The summed E-state index contributed by atoms with van der Waals surface area (Å²) in [4.78, 5) is 70.0. The Bertz CT molecular complexity index is 1100. The number of oxime groups is 1. The number of carboxylic acids is 1. The molecular formula is C18H20N6O8S2. The Morgan fingerprint density at radius 1 is 1.35 bits per heavy atom. The van der Waals surface area contributed by atoms with E-state index >= 15 is 0 Å². The number of carboxylic acid groups (broad SMARTS) is 1. The molecule has 2 atom stereocenters. The highest BCUT2D eigenvalue weighted by molar-refractivity contribution is 8.00. The topological polar surface area (TPSA) is 203 Å². The number of β-lactam (4-membered cyclic amide) rings is 1. The molecule has 0 aromatic carbocycles. The number of esters is 1. The Labute approximate surface area is 200 Å². The van der Waals surface area contributed by atoms with Crippen LogP contribution in [0.15, 0.2) is 16.4 Å². The summed E-state index contributed by atoms with van der Waals surface area (Å²) in [7, 11) is 0. The number of hydrogen-bond donors (Lipinski definition) is 3. The molecule has 2 amide bonds. The first-order chi connectivity index (χ1) is 16.1. The van der Waals surface area contributed by atoms with Gasteiger partial charge in [-0.1, -0.05) is 5.16 Å². The first-order valence-electron chi connectivity index (χ1n) is 9.79. The average molecular weight is 513 g/mol. The molecule has 3 rings (SSSR count). The van der Waals surface area contributed by atoms with Crippen LogP contribution in [0.25, 0.3) is 0 Å². The SMILES string of the molecule is CCON=C(C(=O)NC1C(=O)N2C(C(=O)O)=C(COC(=O)CC(C)=O)CS[C@@H]12)c1nsc(N)n1. The van der Waals surface area contributed by atoms with Gasteiger partial charge in [0.05, 0.1) is 0 Å². The number of thioether (sulfide) groups is 1. The van der Waals surface area contributed by atoms with E-state index in [1.807, 2.05) is 0 Å². The number of nitrogens with zero attached hydrogens (tertiary/aromatic N) is 4. The first-order valence-corrected chi connectivity index (χ1v) is 11.6. The highest BCUT2D eigenvalue weighted by Gasteiger charge is 2.54. The molecule has 0 saturated carbocycles. The quantitative estimate of drug-likeness (QED) is 0.115. The van der Waals surface area contributed by atoms with Crippen molar-refractivity contribution < 1.29 is 38.7 Å². The van der Waals surface area contributed by atoms with Gasteiger partial charge in [0.2, 0.25) is 11.5 Å². The van der Waals surface area contributed by atoms with Crippen molar-refractivity contribution in [3.05, 3.63) is 17.1 Å². The highest BCUT2D eigenvalue weighted by atomic mass is 32.2. The number of ketones is 1. The fraction of sp³-hybridized carbons (Fsp3) is 0.444. The number of ether oxygens (including phenoxy) is 1. The van der Waals surface area contributed by atoms with Crippen LogP contribution in [0.5, 0.6) is 0 Å². The summed E-state index contributed by atoms with van der Waals surface area (Å²) in [5.41, 5.74) is 5.15. The van der Waals surface area contributed by atoms with Crippen molar-refractivity contribution in [2.75, 3.05) is 24.7 Å². The molecule has 1 fully saturated rings. The van der Waals surface area contributed by atoms with E-state index < -0.39 is 47.4 Å². The number of carbonyl (C=O) groups is 5. The number of anilines is 1. The number of rotatable bonds is 10. The molecule has 3 heterocycles. The Kier molecular flexibility index (Phi) is 7.83. The smallest absolute Gasteiger partial charge is 0.352 e. The van der Waals surface area contributed by atoms with E-state index in [0.29, 0.717) is 0 Å². The molecule has 0 bridgehead atoms. The number of aliphatic carboxylic acids is 1. The minimum Gasteiger partial charge on any atom is -0.477 e. The maximum absolute atomic E-state index is 12.8. The lowest BCUT2D eigenvalue weighted by molar-refractivity contribution is -0.150. The molecule has 16 heteroatoms. The monoisotopic (exact) mass is 512 g/mol. The van der Waals surface area contributed by atoms with Gasteiger partial charge in [-0.3, -0.25) is 24.1 Å². The van der Waals surface area contributed by atoms with E-state index in [-0.39, 0.29) is 46.9 Å². The minimum absolute atomic E-state index is 0.0749. The maximum Gasteiger partial charge on any atom is 0.352 e. The number of carbonyl (C=O) groups excluding carboxylic acids is 4. The third-order valence-electron chi connectivity index (χ3n) is 4.49. The lowest BCUT2D eigenvalue weighted by Gasteiger charge is -2.49. The van der Waals surface area contributed by atoms with Gasteiger partial charge in [-0.05, 0) is 13.8 Å². The fourth-order valence-electron chi connectivity index (χ4n) is 3.07. The van der Waals surface area contributed by atoms with Gasteiger partial charge in [-0.25, -0.2) is 4.79 Å². The van der Waals surface area contributed by atoms with E-state index in [2.05, 4.69) is 19.8 Å². The Morgan fingerprint density at radius 3 is 2.68 bits per heavy atom. The van der Waals surface area contributed by atoms with E-state index in [0.717, 1.165) is 16.4 Å². The van der Waals surface area contributed by atoms with Gasteiger partial charge in [0.15, 0.2) is 5.13 Å². The summed E-state index contributed by atoms with van der Waals surface area (Å²) in [5, 5.41) is 15.3. The molecular weight excluding hydrogens is 492 g/mol. The van der Waals surface area contributed by atoms with Crippen LogP contribution in [0.2, 0.25) is 0 Å². The van der Waals surface area contributed by atoms with Gasteiger partial charge in [0.25, 0.3) is 11.8 Å². The summed E-state index contributed by atoms with van der Waals surface area (Å²) < 4.78 is 8.90. The number of nitrogens with two attached hydrogens (primary N) is 1. The van der Waals surface area contributed by atoms with E-state index in [1.165, 1.54) is 18.7 Å². The standard InChI is InChI=1S/C18H20N6O8S2/c1-3-32-22-10(13-21-18(19)34-23-13)14(27)20-11-15(28)24-12(17(29)30)8(6-33-16(11)24)5-31-9(26)4-7(2)25/h11,16H,3-6H2,1-2H3,(H,20,27)(H,29,30)(H2,19,21,23)/t11?,16-/m0/s1. The second-order valence-corrected chi connectivity index (χ2v) is 8.86. The number of Topliss-reactive ketones (excluding diaryl/α,β-unsaturated/α-hetero) is 1. The molecule has 1 unspecified atom stereocenters. The number of aromatic nitrogens is 2. The second kappa shape index (κ2) is 10.6. The average Bonchev–Trinajstić information content (AvgIpc) is 3.20. The van der Waals surface area contributed by atoms with Crippen molar-refractivity contribution in [1.82, 2.24) is 19.6 Å². The molecule has 14 nitrogen and oxygen atoms in total. The van der Waals surface area contributed by atoms with Crippen LogP contribution >= 0.6 is 23.3 Å². The van der Waals surface area contributed by atoms with Crippen molar-refractivity contribution in [3.63, 3.8) is 0 Å². The van der Waals surface area contributed by atoms with Gasteiger partial charge in [0.1, 0.15) is 42.5 Å². The van der Waals surface area contributed by atoms with Crippen molar-refractivity contribution in [3.8, 4) is 0 Å². The molecule has 2 aliphatic rings. The summed E-state index contributed by atoms with van der Waals surface area (Å²) >= 11 is 2.03. The number of hydrogen-bond acceptors (Lipinski definition) is 13. The number of fused-ring (bicyclic) bond motifs is 1. The molecule has 0 aliphatic carbocycles. The van der Waals surface area contributed by atoms with Crippen LogP contribution in [-0.2, 0) is 33.5 Å². The van der Waals surface area contributed by atoms with Crippen molar-refractivity contribution in [2.24, 2.45) is 5.16 Å². The lowest BCUT2D eigenvalue weighted by atomic mass is 10.0. The first kappa shape index (κ1) is 25.1. The molecule has 0 radical (unpaired) electrons. The number of amides is 2. The molecule has 0 spiro atoms. The van der Waals surface area contributed by atoms with Gasteiger partial charge >= 0.3 is 11.9 Å². The van der Waals surface area contributed by atoms with Gasteiger partial charge < -0.3 is 25.7 Å². The Morgan fingerprint density at radius 2 is 2.09 bits per heavy atom. The second-order valence-electron chi connectivity index (χ2n) is 6.97. The third-order valence-corrected chi connectivity index (χ3v) is 6.37. The molecule has 4 N–H and O–H groups in total. The molecule has 2 aliphatic heterocycles. The maximum atomic E-state index is 12.8. The van der Waals surface area contributed by atoms with Crippen molar-refractivity contribution >= 4 is 63.7 Å². The molecule has 1 aromatic heterocycles. The van der Waals surface area contributed by atoms with E-state index in [4.69, 9.17) is 15.3 Å². The Hall–Kier alpha value is -3.53. The molecule has 1 aromatic rings. The predicted molar refractivity (Wildman–Crippen MR) is 118 cm³/mol. The van der Waals surface area contributed by atoms with Crippen LogP contribution in [-0.4, -0.2) is 85.0 Å². The summed E-state index contributed by atoms with van der Waals surface area (Å²) in [6, 6.07) is -1.04. The van der Waals surface area contributed by atoms with Crippen LogP contribution in [0.4, 0.5) is 5.13 Å². The minimum atomic E-state index is -1.39. The summed E-state index contributed by atoms with van der Waals surface area (Å²) in [6.45, 7) is 2.66. The van der Waals surface area contributed by atoms with Crippen LogP contribution < -0.4 is 11.1 Å². The predicted octanol–water partition coefficient (Wildman–Crippen LogP) is -0.878. The molecule has 34 heavy (non-hydrogen) atoms. The van der Waals surface area contributed by atoms with Crippen molar-refractivity contribution in [1.29, 1.82) is 0 Å². The van der Waals surface area contributed by atoms with Crippen molar-refractivity contribution in [2.45, 2.75) is 31.7 Å². The number of nitrogen functional groups attached to an aromatic ring is 1. The normalized spacial score (nSPS) is 19.8. The summed E-state index contributed by atoms with van der Waals surface area (Å²) in [6.07, 6.45) is -0.437. The molecule has 182 valence electrons. The molecule has 1 saturated heterocycles. The van der Waals surface area contributed by atoms with Gasteiger partial charge in [-0.2, -0.15) is 9.36 Å². The summed E-state index contributed by atoms with van der Waals surface area (Å²) in [5.74, 6) is -3.99. The number of nitrogens with one attached hydrogen (secondary N) is 1. The Balaban J connectivity index is 1.74. The van der Waals surface area contributed by atoms with Crippen LogP contribution in [0.1, 0.15) is 26.1 Å². The van der Waals surface area contributed by atoms with E-state index in [9.17, 15) is 29.1 Å². The van der Waals surface area contributed by atoms with Crippen LogP contribution in [0, 0.1) is 0 Å². The van der Waals surface area contributed by atoms with Gasteiger partial charge in [0, 0.05) is 22.9 Å².